The fraction of sp³-hybridized carbons (Fsp3) is 0.474. The van der Waals surface area contributed by atoms with Gasteiger partial charge in [-0.15, -0.1) is 13.2 Å². The van der Waals surface area contributed by atoms with Gasteiger partial charge < -0.3 is 14.5 Å². The summed E-state index contributed by atoms with van der Waals surface area (Å²) in [5, 5.41) is 4.23. The number of nitrogens with zero attached hydrogens (tertiary/aromatic N) is 3. The van der Waals surface area contributed by atoms with Crippen LogP contribution in [-0.2, 0) is 15.8 Å². The molecule has 0 amide bonds. The van der Waals surface area contributed by atoms with Crippen LogP contribution in [0.25, 0.3) is 22.2 Å². The highest BCUT2D eigenvalue weighted by Gasteiger charge is 2.40. The van der Waals surface area contributed by atoms with Crippen LogP contribution < -0.4 is 0 Å². The molecule has 0 unspecified atom stereocenters. The van der Waals surface area contributed by atoms with Gasteiger partial charge >= 0.3 is 6.30 Å². The summed E-state index contributed by atoms with van der Waals surface area (Å²) in [7, 11) is 0. The van der Waals surface area contributed by atoms with Gasteiger partial charge in [0, 0.05) is 47.9 Å². The van der Waals surface area contributed by atoms with Gasteiger partial charge in [-0.05, 0) is 30.4 Å². The molecule has 1 saturated carbocycles. The monoisotopic (exact) mass is 392 g/mol. The van der Waals surface area contributed by atoms with Gasteiger partial charge in [-0.2, -0.15) is 9.78 Å². The Labute approximate surface area is 158 Å². The predicted molar refractivity (Wildman–Crippen MR) is 94.5 cm³/mol. The number of alkyl halides is 3. The first-order valence-electron chi connectivity index (χ1n) is 9.31. The Morgan fingerprint density at radius 2 is 1.89 bits per heavy atom. The Morgan fingerprint density at radius 3 is 2.57 bits per heavy atom. The normalized spacial score (nSPS) is 20.4. The molecule has 4 heterocycles. The molecule has 1 aliphatic carbocycles. The van der Waals surface area contributed by atoms with E-state index in [2.05, 4.69) is 15.1 Å². The number of pyridine rings is 1. The molecule has 148 valence electrons. The van der Waals surface area contributed by atoms with Crippen LogP contribution in [-0.4, -0.2) is 38.7 Å². The van der Waals surface area contributed by atoms with Crippen LogP contribution in [0.2, 0.25) is 0 Å². The highest BCUT2D eigenvalue weighted by atomic mass is 19.4. The van der Waals surface area contributed by atoms with E-state index in [1.807, 2.05) is 12.3 Å². The molecule has 3 aromatic rings. The molecule has 1 N–H and O–H groups in total. The van der Waals surface area contributed by atoms with Crippen molar-refractivity contribution in [3.63, 3.8) is 0 Å². The lowest BCUT2D eigenvalue weighted by atomic mass is 9.81. The third kappa shape index (κ3) is 2.98. The number of rotatable bonds is 2. The second-order valence-corrected chi connectivity index (χ2v) is 7.39. The van der Waals surface area contributed by atoms with Gasteiger partial charge in [0.25, 0.3) is 0 Å². The van der Waals surface area contributed by atoms with Crippen LogP contribution in [0.1, 0.15) is 37.2 Å². The number of H-pyrrole nitrogens is 1. The summed E-state index contributed by atoms with van der Waals surface area (Å²) in [5.41, 5.74) is 2.80. The third-order valence-electron chi connectivity index (χ3n) is 5.74. The Kier molecular flexibility index (Phi) is 3.99. The fourth-order valence-electron chi connectivity index (χ4n) is 4.26. The van der Waals surface area contributed by atoms with Crippen molar-refractivity contribution in [3.05, 3.63) is 36.4 Å². The summed E-state index contributed by atoms with van der Waals surface area (Å²) in [6, 6.07) is 2.03. The van der Waals surface area contributed by atoms with E-state index in [1.54, 1.807) is 6.20 Å². The molecule has 1 spiro atoms. The molecule has 28 heavy (non-hydrogen) atoms. The highest BCUT2D eigenvalue weighted by molar-refractivity contribution is 5.93. The van der Waals surface area contributed by atoms with Crippen LogP contribution >= 0.6 is 0 Å². The maximum atomic E-state index is 12.8. The summed E-state index contributed by atoms with van der Waals surface area (Å²) in [4.78, 5) is 7.51. The van der Waals surface area contributed by atoms with E-state index in [0.717, 1.165) is 42.8 Å². The lowest BCUT2D eigenvalue weighted by Crippen LogP contribution is -2.34. The smallest absolute Gasteiger partial charge is 0.348 e. The van der Waals surface area contributed by atoms with Crippen LogP contribution in [0, 0.1) is 0 Å². The van der Waals surface area contributed by atoms with Crippen molar-refractivity contribution >= 4 is 11.0 Å². The maximum absolute atomic E-state index is 12.8. The average Bonchev–Trinajstić information content (AvgIpc) is 3.40. The molecule has 0 atom stereocenters. The number of aromatic amines is 1. The molecule has 2 fully saturated rings. The van der Waals surface area contributed by atoms with Gasteiger partial charge in [0.2, 0.25) is 0 Å². The maximum Gasteiger partial charge on any atom is 0.504 e. The molecule has 0 radical (unpaired) electrons. The van der Waals surface area contributed by atoms with E-state index >= 15 is 0 Å². The van der Waals surface area contributed by atoms with Gasteiger partial charge in [0.05, 0.1) is 19.4 Å². The molecule has 6 nitrogen and oxygen atoms in total. The zero-order chi connectivity index (χ0) is 19.4. The molecule has 2 aliphatic rings. The largest absolute Gasteiger partial charge is 0.504 e. The fourth-order valence-corrected chi connectivity index (χ4v) is 4.26. The molecule has 0 aromatic carbocycles. The number of aromatic nitrogens is 4. The first-order valence-corrected chi connectivity index (χ1v) is 9.31. The van der Waals surface area contributed by atoms with Crippen LogP contribution in [0.4, 0.5) is 13.2 Å². The lowest BCUT2D eigenvalue weighted by Gasteiger charge is -2.35. The van der Waals surface area contributed by atoms with Crippen LogP contribution in [0.3, 0.4) is 0 Å². The quantitative estimate of drug-likeness (QED) is 0.706. The van der Waals surface area contributed by atoms with Crippen LogP contribution in [0.5, 0.6) is 0 Å². The number of nitrogens with one attached hydrogen (secondary N) is 1. The molecular formula is C19H19F3N4O2. The van der Waals surface area contributed by atoms with Crippen molar-refractivity contribution in [1.82, 2.24) is 19.7 Å². The highest BCUT2D eigenvalue weighted by Crippen LogP contribution is 2.43. The zero-order valence-electron chi connectivity index (χ0n) is 15.0. The van der Waals surface area contributed by atoms with E-state index in [1.165, 1.54) is 6.20 Å². The van der Waals surface area contributed by atoms with Crippen molar-refractivity contribution in [2.24, 2.45) is 0 Å². The number of halogens is 3. The summed E-state index contributed by atoms with van der Waals surface area (Å²) < 4.78 is 50.1. The van der Waals surface area contributed by atoms with Crippen molar-refractivity contribution in [3.8, 4) is 11.1 Å². The number of ether oxygens (including phenoxy) is 2. The summed E-state index contributed by atoms with van der Waals surface area (Å²) >= 11 is 0. The minimum absolute atomic E-state index is 0.0145. The van der Waals surface area contributed by atoms with Crippen molar-refractivity contribution in [2.75, 3.05) is 13.2 Å². The molecule has 1 aliphatic heterocycles. The molecular weight excluding hydrogens is 373 g/mol. The topological polar surface area (TPSA) is 65.0 Å². The molecule has 5 rings (SSSR count). The summed E-state index contributed by atoms with van der Waals surface area (Å²) in [6.45, 7) is 1.30. The van der Waals surface area contributed by atoms with Gasteiger partial charge in [-0.3, -0.25) is 0 Å². The van der Waals surface area contributed by atoms with E-state index in [0.29, 0.717) is 35.9 Å². The van der Waals surface area contributed by atoms with Crippen molar-refractivity contribution in [1.29, 1.82) is 0 Å². The van der Waals surface area contributed by atoms with Crippen LogP contribution in [0.15, 0.2) is 30.9 Å². The number of hydrogen-bond donors (Lipinski definition) is 1. The van der Waals surface area contributed by atoms with E-state index in [9.17, 15) is 13.2 Å². The Morgan fingerprint density at radius 1 is 1.14 bits per heavy atom. The number of hydrogen-bond acceptors (Lipinski definition) is 4. The zero-order valence-corrected chi connectivity index (χ0v) is 15.0. The predicted octanol–water partition coefficient (Wildman–Crippen LogP) is 4.30. The standard InChI is InChI=1S/C19H19F3N4O2/c20-19(21,22)26-11-14(9-25-26)16-10-24-17-15(16)7-13(8-23-17)12-1-3-18(4-2-12)27-5-6-28-18/h7-12H,1-6H2,(H,23,24). The first kappa shape index (κ1) is 17.7. The van der Waals surface area contributed by atoms with E-state index < -0.39 is 12.1 Å². The molecule has 0 bridgehead atoms. The van der Waals surface area contributed by atoms with E-state index in [-0.39, 0.29) is 4.68 Å². The average molecular weight is 392 g/mol. The second-order valence-electron chi connectivity index (χ2n) is 7.39. The van der Waals surface area contributed by atoms with Gasteiger partial charge in [-0.1, -0.05) is 0 Å². The second kappa shape index (κ2) is 6.31. The SMILES string of the molecule is FC(F)(F)n1cc(-c2c[nH]c3ncc(C4CCC5(CC4)OCCO5)cc23)cn1. The molecule has 9 heteroatoms. The van der Waals surface area contributed by atoms with Gasteiger partial charge in [-0.25, -0.2) is 4.98 Å². The summed E-state index contributed by atoms with van der Waals surface area (Å²) in [5.74, 6) is -0.0876. The molecule has 3 aromatic heterocycles. The Hall–Kier alpha value is -2.39. The van der Waals surface area contributed by atoms with Crippen molar-refractivity contribution in [2.45, 2.75) is 43.7 Å². The third-order valence-corrected chi connectivity index (χ3v) is 5.74. The van der Waals surface area contributed by atoms with Gasteiger partial charge in [0.15, 0.2) is 5.79 Å². The van der Waals surface area contributed by atoms with E-state index in [4.69, 9.17) is 9.47 Å². The first-order chi connectivity index (χ1) is 13.4. The number of fused-ring (bicyclic) bond motifs is 1. The van der Waals surface area contributed by atoms with Gasteiger partial charge in [0.1, 0.15) is 5.65 Å². The molecule has 1 saturated heterocycles. The minimum atomic E-state index is -4.53. The Bertz CT molecular complexity index is 994. The lowest BCUT2D eigenvalue weighted by molar-refractivity contribution is -0.212. The Balaban J connectivity index is 1.43. The van der Waals surface area contributed by atoms with Crippen molar-refractivity contribution < 1.29 is 22.6 Å². The summed E-state index contributed by atoms with van der Waals surface area (Å²) in [6.07, 6.45) is 4.75. The minimum Gasteiger partial charge on any atom is -0.348 e.